The van der Waals surface area contributed by atoms with Crippen LogP contribution in [0.4, 0.5) is 5.95 Å². The second-order valence-electron chi connectivity index (χ2n) is 5.10. The lowest BCUT2D eigenvalue weighted by Crippen LogP contribution is -2.31. The van der Waals surface area contributed by atoms with E-state index in [4.69, 9.17) is 4.52 Å². The maximum atomic E-state index is 5.29. The molecule has 3 heterocycles. The third kappa shape index (κ3) is 3.14. The van der Waals surface area contributed by atoms with Crippen molar-refractivity contribution >= 4 is 5.95 Å². The van der Waals surface area contributed by atoms with Crippen LogP contribution in [0.5, 0.6) is 0 Å². The van der Waals surface area contributed by atoms with Crippen LogP contribution in [-0.2, 0) is 6.54 Å². The molecule has 0 bridgehead atoms. The van der Waals surface area contributed by atoms with Crippen molar-refractivity contribution in [3.63, 3.8) is 0 Å². The number of aryl methyl sites for hydroxylation is 1. The number of nitrogens with zero attached hydrogens (tertiary/aromatic N) is 5. The molecule has 106 valence electrons. The van der Waals surface area contributed by atoms with Gasteiger partial charge in [-0.1, -0.05) is 5.16 Å². The maximum Gasteiger partial charge on any atom is 0.225 e. The van der Waals surface area contributed by atoms with Crippen LogP contribution in [0.1, 0.15) is 17.9 Å². The van der Waals surface area contributed by atoms with E-state index >= 15 is 0 Å². The second-order valence-corrected chi connectivity index (χ2v) is 5.10. The molecule has 20 heavy (non-hydrogen) atoms. The summed E-state index contributed by atoms with van der Waals surface area (Å²) in [6.45, 7) is 6.75. The van der Waals surface area contributed by atoms with Gasteiger partial charge in [0.15, 0.2) is 5.76 Å². The molecule has 3 rings (SSSR count). The zero-order chi connectivity index (χ0) is 13.8. The van der Waals surface area contributed by atoms with Crippen molar-refractivity contribution in [2.45, 2.75) is 19.9 Å². The highest BCUT2D eigenvalue weighted by atomic mass is 16.5. The molecule has 0 radical (unpaired) electrons. The van der Waals surface area contributed by atoms with Gasteiger partial charge in [-0.15, -0.1) is 0 Å². The van der Waals surface area contributed by atoms with Crippen LogP contribution in [-0.4, -0.2) is 46.2 Å². The molecule has 1 fully saturated rings. The Labute approximate surface area is 118 Å². The van der Waals surface area contributed by atoms with Gasteiger partial charge in [-0.05, 0) is 19.4 Å². The Balaban J connectivity index is 1.59. The van der Waals surface area contributed by atoms with Crippen molar-refractivity contribution < 1.29 is 4.52 Å². The molecule has 1 aliphatic heterocycles. The van der Waals surface area contributed by atoms with E-state index in [2.05, 4.69) is 24.9 Å². The summed E-state index contributed by atoms with van der Waals surface area (Å²) in [5.41, 5.74) is 0.939. The monoisotopic (exact) mass is 273 g/mol. The van der Waals surface area contributed by atoms with E-state index in [0.29, 0.717) is 0 Å². The van der Waals surface area contributed by atoms with Crippen LogP contribution in [0.3, 0.4) is 0 Å². The van der Waals surface area contributed by atoms with Gasteiger partial charge in [-0.3, -0.25) is 4.90 Å². The smallest absolute Gasteiger partial charge is 0.225 e. The van der Waals surface area contributed by atoms with E-state index in [9.17, 15) is 0 Å². The molecule has 1 saturated heterocycles. The zero-order valence-electron chi connectivity index (χ0n) is 11.7. The van der Waals surface area contributed by atoms with Gasteiger partial charge in [0, 0.05) is 44.6 Å². The first-order valence-electron chi connectivity index (χ1n) is 6.98. The molecular weight excluding hydrogens is 254 g/mol. The Morgan fingerprint density at radius 3 is 2.75 bits per heavy atom. The van der Waals surface area contributed by atoms with Gasteiger partial charge >= 0.3 is 0 Å². The highest BCUT2D eigenvalue weighted by molar-refractivity contribution is 5.28. The summed E-state index contributed by atoms with van der Waals surface area (Å²) >= 11 is 0. The van der Waals surface area contributed by atoms with E-state index < -0.39 is 0 Å². The van der Waals surface area contributed by atoms with Gasteiger partial charge in [0.25, 0.3) is 0 Å². The first-order valence-corrected chi connectivity index (χ1v) is 6.98. The number of hydrogen-bond acceptors (Lipinski definition) is 6. The number of rotatable bonds is 3. The van der Waals surface area contributed by atoms with E-state index in [1.54, 1.807) is 12.4 Å². The first kappa shape index (κ1) is 13.1. The molecule has 0 aliphatic carbocycles. The highest BCUT2D eigenvalue weighted by Crippen LogP contribution is 2.13. The fourth-order valence-corrected chi connectivity index (χ4v) is 2.49. The molecule has 0 unspecified atom stereocenters. The highest BCUT2D eigenvalue weighted by Gasteiger charge is 2.17. The van der Waals surface area contributed by atoms with Crippen LogP contribution >= 0.6 is 0 Å². The van der Waals surface area contributed by atoms with Crippen molar-refractivity contribution in [3.8, 4) is 0 Å². The SMILES string of the molecule is Cc1cc(CN2CCCN(c3ncccn3)CC2)on1. The molecule has 1 aliphatic rings. The van der Waals surface area contributed by atoms with Crippen LogP contribution < -0.4 is 4.90 Å². The van der Waals surface area contributed by atoms with Crippen molar-refractivity contribution in [3.05, 3.63) is 36.0 Å². The Bertz CT molecular complexity index is 542. The second kappa shape index (κ2) is 6.00. The summed E-state index contributed by atoms with van der Waals surface area (Å²) in [4.78, 5) is 13.3. The molecule has 0 amide bonds. The van der Waals surface area contributed by atoms with Crippen LogP contribution in [0.25, 0.3) is 0 Å². The summed E-state index contributed by atoms with van der Waals surface area (Å²) in [6, 6.07) is 3.85. The Hall–Kier alpha value is -1.95. The third-order valence-corrected chi connectivity index (χ3v) is 3.48. The molecule has 0 saturated carbocycles. The predicted octanol–water partition coefficient (Wildman–Crippen LogP) is 1.49. The number of aromatic nitrogens is 3. The summed E-state index contributed by atoms with van der Waals surface area (Å²) in [7, 11) is 0. The van der Waals surface area contributed by atoms with Crippen molar-refractivity contribution in [2.75, 3.05) is 31.1 Å². The van der Waals surface area contributed by atoms with E-state index in [0.717, 1.165) is 56.5 Å². The minimum Gasteiger partial charge on any atom is -0.360 e. The molecule has 0 N–H and O–H groups in total. The van der Waals surface area contributed by atoms with Crippen molar-refractivity contribution in [1.29, 1.82) is 0 Å². The summed E-state index contributed by atoms with van der Waals surface area (Å²) in [5.74, 6) is 1.76. The summed E-state index contributed by atoms with van der Waals surface area (Å²) < 4.78 is 5.29. The molecular formula is C14H19N5O. The Morgan fingerprint density at radius 2 is 2.00 bits per heavy atom. The van der Waals surface area contributed by atoms with Gasteiger partial charge in [0.05, 0.1) is 12.2 Å². The Morgan fingerprint density at radius 1 is 1.15 bits per heavy atom. The van der Waals surface area contributed by atoms with Gasteiger partial charge in [-0.25, -0.2) is 9.97 Å². The zero-order valence-corrected chi connectivity index (χ0v) is 11.7. The standard InChI is InChI=1S/C14H19N5O/c1-12-10-13(20-17-12)11-18-6-3-7-19(9-8-18)14-15-4-2-5-16-14/h2,4-5,10H,3,6-9,11H2,1H3. The normalized spacial score (nSPS) is 17.1. The lowest BCUT2D eigenvalue weighted by molar-refractivity contribution is 0.244. The molecule has 6 heteroatoms. The largest absolute Gasteiger partial charge is 0.360 e. The van der Waals surface area contributed by atoms with Gasteiger partial charge in [0.1, 0.15) is 0 Å². The van der Waals surface area contributed by atoms with Crippen LogP contribution in [0.2, 0.25) is 0 Å². The van der Waals surface area contributed by atoms with Gasteiger partial charge in [-0.2, -0.15) is 0 Å². The third-order valence-electron chi connectivity index (χ3n) is 3.48. The van der Waals surface area contributed by atoms with Crippen LogP contribution in [0.15, 0.2) is 29.0 Å². The Kier molecular flexibility index (Phi) is 3.92. The molecule has 0 spiro atoms. The number of hydrogen-bond donors (Lipinski definition) is 0. The average molecular weight is 273 g/mol. The van der Waals surface area contributed by atoms with Gasteiger partial charge < -0.3 is 9.42 Å². The topological polar surface area (TPSA) is 58.3 Å². The summed E-state index contributed by atoms with van der Waals surface area (Å²) in [6.07, 6.45) is 4.69. The minimum atomic E-state index is 0.824. The number of anilines is 1. The quantitative estimate of drug-likeness (QED) is 0.844. The summed E-state index contributed by atoms with van der Waals surface area (Å²) in [5, 5.41) is 3.94. The lowest BCUT2D eigenvalue weighted by Gasteiger charge is -2.20. The first-order chi connectivity index (χ1) is 9.81. The predicted molar refractivity (Wildman–Crippen MR) is 75.4 cm³/mol. The van der Waals surface area contributed by atoms with E-state index in [-0.39, 0.29) is 0 Å². The van der Waals surface area contributed by atoms with Crippen molar-refractivity contribution in [1.82, 2.24) is 20.0 Å². The van der Waals surface area contributed by atoms with E-state index in [1.807, 2.05) is 19.1 Å². The van der Waals surface area contributed by atoms with Gasteiger partial charge in [0.2, 0.25) is 5.95 Å². The van der Waals surface area contributed by atoms with E-state index in [1.165, 1.54) is 0 Å². The molecule has 0 atom stereocenters. The van der Waals surface area contributed by atoms with Crippen LogP contribution in [0, 0.1) is 6.92 Å². The fourth-order valence-electron chi connectivity index (χ4n) is 2.49. The fraction of sp³-hybridized carbons (Fsp3) is 0.500. The molecule has 2 aromatic rings. The molecule has 2 aromatic heterocycles. The molecule has 0 aromatic carbocycles. The maximum absolute atomic E-state index is 5.29. The van der Waals surface area contributed by atoms with Crippen molar-refractivity contribution in [2.24, 2.45) is 0 Å². The molecule has 6 nitrogen and oxygen atoms in total. The average Bonchev–Trinajstić information content (AvgIpc) is 2.74. The minimum absolute atomic E-state index is 0.824. The lowest BCUT2D eigenvalue weighted by atomic mass is 10.3.